The van der Waals surface area contributed by atoms with Crippen molar-refractivity contribution in [1.82, 2.24) is 9.97 Å². The molecule has 2 aliphatic heterocycles. The van der Waals surface area contributed by atoms with Crippen LogP contribution in [0.3, 0.4) is 0 Å². The van der Waals surface area contributed by atoms with E-state index in [0.717, 1.165) is 39.9 Å². The summed E-state index contributed by atoms with van der Waals surface area (Å²) in [7, 11) is 0. The molecule has 2 aliphatic rings. The van der Waals surface area contributed by atoms with Gasteiger partial charge in [0.15, 0.2) is 0 Å². The third-order valence-electron chi connectivity index (χ3n) is 9.78. The van der Waals surface area contributed by atoms with Crippen LogP contribution in [0, 0.1) is 0 Å². The van der Waals surface area contributed by atoms with Gasteiger partial charge < -0.3 is 9.80 Å². The van der Waals surface area contributed by atoms with E-state index in [0.29, 0.717) is 0 Å². The van der Waals surface area contributed by atoms with E-state index >= 15 is 0 Å². The Bertz CT molecular complexity index is 2400. The van der Waals surface area contributed by atoms with Crippen molar-refractivity contribution in [3.05, 3.63) is 164 Å². The minimum Gasteiger partial charge on any atom is -0.321 e. The maximum Gasteiger partial charge on any atom is 0.137 e. The Kier molecular flexibility index (Phi) is 7.63. The van der Waals surface area contributed by atoms with Gasteiger partial charge in [-0.15, -0.1) is 0 Å². The lowest BCUT2D eigenvalue weighted by atomic mass is 9.87. The lowest BCUT2D eigenvalue weighted by Crippen LogP contribution is -2.23. The second kappa shape index (κ2) is 12.5. The van der Waals surface area contributed by atoms with Crippen LogP contribution in [-0.4, -0.2) is 16.6 Å². The van der Waals surface area contributed by atoms with Crippen molar-refractivity contribution >= 4 is 51.7 Å². The maximum atomic E-state index is 4.98. The number of anilines is 7. The fourth-order valence-electron chi connectivity index (χ4n) is 7.23. The van der Waals surface area contributed by atoms with Crippen LogP contribution in [0.15, 0.2) is 168 Å². The molecule has 7 aromatic rings. The van der Waals surface area contributed by atoms with Crippen molar-refractivity contribution in [2.24, 2.45) is 0 Å². The zero-order chi connectivity index (χ0) is 34.5. The van der Waals surface area contributed by atoms with Crippen LogP contribution in [0.25, 0.3) is 22.3 Å². The van der Waals surface area contributed by atoms with Gasteiger partial charge in [0.05, 0.1) is 22.7 Å². The van der Waals surface area contributed by atoms with Crippen molar-refractivity contribution in [2.75, 3.05) is 21.4 Å². The summed E-state index contributed by atoms with van der Waals surface area (Å²) in [5.74, 6) is 0.892. The van der Waals surface area contributed by atoms with Crippen LogP contribution in [0.2, 0.25) is 0 Å². The Balaban J connectivity index is 1.13. The van der Waals surface area contributed by atoms with Crippen molar-refractivity contribution in [2.45, 2.75) is 36.0 Å². The van der Waals surface area contributed by atoms with Crippen LogP contribution in [-0.2, 0) is 5.41 Å². The van der Waals surface area contributed by atoms with Gasteiger partial charge >= 0.3 is 0 Å². The number of aromatic nitrogens is 2. The van der Waals surface area contributed by atoms with Crippen molar-refractivity contribution in [3.8, 4) is 22.3 Å². The Hall–Kier alpha value is -5.85. The van der Waals surface area contributed by atoms with E-state index in [2.05, 4.69) is 180 Å². The lowest BCUT2D eigenvalue weighted by Gasteiger charge is -2.28. The molecule has 248 valence electrons. The summed E-state index contributed by atoms with van der Waals surface area (Å²) in [5, 5.41) is 0. The minimum atomic E-state index is -0.0207. The Labute approximate surface area is 303 Å². The molecule has 51 heavy (non-hydrogen) atoms. The van der Waals surface area contributed by atoms with E-state index in [1.165, 1.54) is 44.3 Å². The lowest BCUT2D eigenvalue weighted by molar-refractivity contribution is 0.589. The van der Waals surface area contributed by atoms with E-state index in [1.54, 1.807) is 11.8 Å². The van der Waals surface area contributed by atoms with Gasteiger partial charge in [-0.3, -0.25) is 9.88 Å². The standard InChI is InChI=1S/C45H37N5S/c1-45(2,3)31-22-25-47-44(26-31)50-40-23-24-46-29-39(40)37-17-8-7-16-36(37)38-21-20-35(28-43(38)50)51-34-15-11-14-33(27-34)49-30-48(32-12-5-4-6-13-32)41-18-9-10-19-42(41)49/h4-29H,30H2,1-3H3. The molecule has 0 N–H and O–H groups in total. The normalized spacial score (nSPS) is 13.3. The van der Waals surface area contributed by atoms with E-state index in [9.17, 15) is 0 Å². The number of pyridine rings is 2. The molecule has 0 bridgehead atoms. The zero-order valence-corrected chi connectivity index (χ0v) is 29.7. The molecule has 9 rings (SSSR count). The van der Waals surface area contributed by atoms with Gasteiger partial charge in [-0.1, -0.05) is 99.3 Å². The highest BCUT2D eigenvalue weighted by molar-refractivity contribution is 7.99. The summed E-state index contributed by atoms with van der Waals surface area (Å²) in [5.41, 5.74) is 12.8. The summed E-state index contributed by atoms with van der Waals surface area (Å²) in [4.78, 5) is 19.0. The fraction of sp³-hybridized carbons (Fsp3) is 0.111. The summed E-state index contributed by atoms with van der Waals surface area (Å²) in [6.45, 7) is 7.50. The smallest absolute Gasteiger partial charge is 0.137 e. The first kappa shape index (κ1) is 31.2. The number of hydrogen-bond acceptors (Lipinski definition) is 6. The summed E-state index contributed by atoms with van der Waals surface area (Å²) in [6.07, 6.45) is 5.80. The fourth-order valence-corrected chi connectivity index (χ4v) is 8.13. The van der Waals surface area contributed by atoms with Gasteiger partial charge in [0.1, 0.15) is 12.5 Å². The SMILES string of the molecule is CC(C)(C)c1ccnc(N2c3ccncc3-c3ccccc3-c3ccc(Sc4cccc(N5CN(c6ccccc6)c6ccccc65)c4)cc32)c1. The molecule has 0 atom stereocenters. The third kappa shape index (κ3) is 5.62. The van der Waals surface area contributed by atoms with E-state index < -0.39 is 0 Å². The van der Waals surface area contributed by atoms with Crippen molar-refractivity contribution in [3.63, 3.8) is 0 Å². The van der Waals surface area contributed by atoms with Crippen LogP contribution in [0.4, 0.5) is 39.9 Å². The van der Waals surface area contributed by atoms with Crippen LogP contribution in [0.5, 0.6) is 0 Å². The van der Waals surface area contributed by atoms with Gasteiger partial charge in [0.2, 0.25) is 0 Å². The topological polar surface area (TPSA) is 35.5 Å². The predicted octanol–water partition coefficient (Wildman–Crippen LogP) is 12.3. The van der Waals surface area contributed by atoms with E-state index in [1.807, 2.05) is 18.6 Å². The summed E-state index contributed by atoms with van der Waals surface area (Å²) >= 11 is 1.79. The first-order valence-corrected chi connectivity index (χ1v) is 18.2. The number of para-hydroxylation sites is 3. The Morgan fingerprint density at radius 2 is 1.22 bits per heavy atom. The predicted molar refractivity (Wildman–Crippen MR) is 212 cm³/mol. The van der Waals surface area contributed by atoms with E-state index in [-0.39, 0.29) is 5.41 Å². The second-order valence-corrected chi connectivity index (χ2v) is 15.2. The average molecular weight is 680 g/mol. The van der Waals surface area contributed by atoms with Gasteiger partial charge in [-0.2, -0.15) is 0 Å². The number of hydrogen-bond donors (Lipinski definition) is 0. The van der Waals surface area contributed by atoms with Crippen LogP contribution < -0.4 is 14.7 Å². The van der Waals surface area contributed by atoms with Gasteiger partial charge in [-0.25, -0.2) is 4.98 Å². The van der Waals surface area contributed by atoms with Crippen LogP contribution in [0.1, 0.15) is 26.3 Å². The highest BCUT2D eigenvalue weighted by atomic mass is 32.2. The van der Waals surface area contributed by atoms with Crippen molar-refractivity contribution < 1.29 is 0 Å². The molecule has 0 spiro atoms. The molecule has 0 saturated heterocycles. The molecule has 0 aliphatic carbocycles. The molecule has 5 aromatic carbocycles. The monoisotopic (exact) mass is 679 g/mol. The first-order valence-electron chi connectivity index (χ1n) is 17.3. The molecule has 0 saturated carbocycles. The molecule has 2 aromatic heterocycles. The number of nitrogens with zero attached hydrogens (tertiary/aromatic N) is 5. The quantitative estimate of drug-likeness (QED) is 0.180. The maximum absolute atomic E-state index is 4.98. The number of fused-ring (bicyclic) bond motifs is 6. The molecule has 0 fully saturated rings. The summed E-state index contributed by atoms with van der Waals surface area (Å²) < 4.78 is 0. The highest BCUT2D eigenvalue weighted by Gasteiger charge is 2.30. The first-order chi connectivity index (χ1) is 24.9. The molecule has 0 unspecified atom stereocenters. The third-order valence-corrected chi connectivity index (χ3v) is 10.8. The van der Waals surface area contributed by atoms with Gasteiger partial charge in [-0.05, 0) is 94.9 Å². The van der Waals surface area contributed by atoms with Gasteiger partial charge in [0, 0.05) is 50.9 Å². The largest absolute Gasteiger partial charge is 0.321 e. The number of benzene rings is 5. The molecule has 0 radical (unpaired) electrons. The van der Waals surface area contributed by atoms with Crippen LogP contribution >= 0.6 is 11.8 Å². The minimum absolute atomic E-state index is 0.0207. The molecular formula is C45H37N5S. The molecule has 0 amide bonds. The molecule has 6 heteroatoms. The molecule has 4 heterocycles. The molecule has 5 nitrogen and oxygen atoms in total. The Morgan fingerprint density at radius 3 is 2.00 bits per heavy atom. The highest BCUT2D eigenvalue weighted by Crippen LogP contribution is 2.52. The molecular weight excluding hydrogens is 643 g/mol. The summed E-state index contributed by atoms with van der Waals surface area (Å²) in [6, 6.07) is 50.2. The van der Waals surface area contributed by atoms with E-state index in [4.69, 9.17) is 4.98 Å². The second-order valence-electron chi connectivity index (χ2n) is 14.0. The number of rotatable bonds is 5. The van der Waals surface area contributed by atoms with Crippen molar-refractivity contribution in [1.29, 1.82) is 0 Å². The zero-order valence-electron chi connectivity index (χ0n) is 28.9. The Morgan fingerprint density at radius 1 is 0.529 bits per heavy atom. The van der Waals surface area contributed by atoms with Gasteiger partial charge in [0.25, 0.3) is 0 Å². The average Bonchev–Trinajstić information content (AvgIpc) is 3.50.